The van der Waals surface area contributed by atoms with Gasteiger partial charge in [-0.2, -0.15) is 0 Å². The Labute approximate surface area is 97.3 Å². The summed E-state index contributed by atoms with van der Waals surface area (Å²) in [5.41, 5.74) is 2.74. The molecule has 2 nitrogen and oxygen atoms in total. The maximum Gasteiger partial charge on any atom is 0.119 e. The number of ether oxygens (including phenoxy) is 1. The third-order valence-electron chi connectivity index (χ3n) is 2.82. The van der Waals surface area contributed by atoms with E-state index in [1.165, 1.54) is 11.1 Å². The highest BCUT2D eigenvalue weighted by molar-refractivity contribution is 5.26. The average Bonchev–Trinajstić information content (AvgIpc) is 2.33. The molecular weight excluding hydrogens is 198 g/mol. The van der Waals surface area contributed by atoms with Gasteiger partial charge in [0.1, 0.15) is 5.75 Å². The summed E-state index contributed by atoms with van der Waals surface area (Å²) in [6.45, 7) is 5.00. The van der Waals surface area contributed by atoms with Crippen molar-refractivity contribution in [2.45, 2.75) is 19.8 Å². The number of nitrogens with one attached hydrogen (secondary N) is 1. The van der Waals surface area contributed by atoms with E-state index in [4.69, 9.17) is 4.74 Å². The van der Waals surface area contributed by atoms with E-state index in [1.807, 2.05) is 12.1 Å². The van der Waals surface area contributed by atoms with Crippen molar-refractivity contribution in [3.63, 3.8) is 0 Å². The number of aryl methyl sites for hydroxylation is 1. The van der Waals surface area contributed by atoms with Crippen LogP contribution in [0.15, 0.2) is 35.9 Å². The topological polar surface area (TPSA) is 21.3 Å². The number of hydrogen-bond acceptors (Lipinski definition) is 2. The zero-order valence-corrected chi connectivity index (χ0v) is 9.83. The lowest BCUT2D eigenvalue weighted by molar-refractivity contribution is 0.319. The molecule has 0 atom stereocenters. The average molecular weight is 217 g/mol. The van der Waals surface area contributed by atoms with E-state index in [-0.39, 0.29) is 0 Å². The lowest BCUT2D eigenvalue weighted by Crippen LogP contribution is -2.23. The van der Waals surface area contributed by atoms with Gasteiger partial charge in [0.05, 0.1) is 6.61 Å². The van der Waals surface area contributed by atoms with E-state index in [1.54, 1.807) is 0 Å². The molecule has 1 aromatic carbocycles. The molecule has 1 heterocycles. The van der Waals surface area contributed by atoms with E-state index >= 15 is 0 Å². The van der Waals surface area contributed by atoms with Gasteiger partial charge in [-0.25, -0.2) is 0 Å². The molecule has 0 radical (unpaired) electrons. The zero-order valence-electron chi connectivity index (χ0n) is 9.83. The van der Waals surface area contributed by atoms with Crippen LogP contribution in [0.2, 0.25) is 0 Å². The molecule has 1 aliphatic rings. The summed E-state index contributed by atoms with van der Waals surface area (Å²) in [5, 5.41) is 3.37. The van der Waals surface area contributed by atoms with Crippen molar-refractivity contribution in [2.24, 2.45) is 0 Å². The molecule has 1 aromatic rings. The molecule has 2 rings (SSSR count). The molecule has 2 heteroatoms. The molecule has 0 fully saturated rings. The summed E-state index contributed by atoms with van der Waals surface area (Å²) in [6, 6.07) is 8.22. The number of rotatable bonds is 4. The number of benzene rings is 1. The van der Waals surface area contributed by atoms with E-state index in [0.717, 1.165) is 38.3 Å². The van der Waals surface area contributed by atoms with Crippen LogP contribution in [-0.2, 0) is 0 Å². The minimum atomic E-state index is 0.774. The van der Waals surface area contributed by atoms with Crippen LogP contribution in [-0.4, -0.2) is 19.7 Å². The molecule has 0 bridgehead atoms. The summed E-state index contributed by atoms with van der Waals surface area (Å²) in [5.74, 6) is 0.968. The standard InChI is InChI=1S/C14H19NO/c1-12-4-6-14(7-5-12)16-10-8-13-3-2-9-15-11-13/h3-7,15H,2,8-11H2,1H3. The van der Waals surface area contributed by atoms with Gasteiger partial charge in [0.25, 0.3) is 0 Å². The molecule has 0 unspecified atom stereocenters. The van der Waals surface area contributed by atoms with Gasteiger partial charge in [-0.15, -0.1) is 0 Å². The molecular formula is C14H19NO. The highest BCUT2D eigenvalue weighted by atomic mass is 16.5. The van der Waals surface area contributed by atoms with Gasteiger partial charge in [-0.05, 0) is 32.0 Å². The second-order valence-corrected chi connectivity index (χ2v) is 4.24. The van der Waals surface area contributed by atoms with Crippen molar-refractivity contribution in [3.05, 3.63) is 41.5 Å². The van der Waals surface area contributed by atoms with Crippen molar-refractivity contribution in [2.75, 3.05) is 19.7 Å². The first-order valence-electron chi connectivity index (χ1n) is 5.93. The molecule has 16 heavy (non-hydrogen) atoms. The maximum absolute atomic E-state index is 5.70. The molecule has 1 aliphatic heterocycles. The summed E-state index contributed by atoms with van der Waals surface area (Å²) < 4.78 is 5.70. The molecule has 0 saturated heterocycles. The Morgan fingerprint density at radius 2 is 2.06 bits per heavy atom. The fourth-order valence-electron chi connectivity index (χ4n) is 1.82. The van der Waals surface area contributed by atoms with Crippen molar-refractivity contribution in [3.8, 4) is 5.75 Å². The monoisotopic (exact) mass is 217 g/mol. The molecule has 0 aromatic heterocycles. The van der Waals surface area contributed by atoms with Crippen LogP contribution >= 0.6 is 0 Å². The minimum Gasteiger partial charge on any atom is -0.493 e. The van der Waals surface area contributed by atoms with Crippen LogP contribution in [0.25, 0.3) is 0 Å². The summed E-state index contributed by atoms with van der Waals surface area (Å²) in [7, 11) is 0. The summed E-state index contributed by atoms with van der Waals surface area (Å²) in [4.78, 5) is 0. The van der Waals surface area contributed by atoms with Crippen molar-refractivity contribution in [1.29, 1.82) is 0 Å². The molecule has 1 N–H and O–H groups in total. The minimum absolute atomic E-state index is 0.774. The van der Waals surface area contributed by atoms with Gasteiger partial charge in [0, 0.05) is 13.0 Å². The van der Waals surface area contributed by atoms with Gasteiger partial charge < -0.3 is 10.1 Å². The van der Waals surface area contributed by atoms with Crippen LogP contribution in [0.3, 0.4) is 0 Å². The molecule has 0 aliphatic carbocycles. The van der Waals surface area contributed by atoms with Crippen LogP contribution in [0.1, 0.15) is 18.4 Å². The second-order valence-electron chi connectivity index (χ2n) is 4.24. The Hall–Kier alpha value is -1.28. The first kappa shape index (κ1) is 11.2. The van der Waals surface area contributed by atoms with Crippen LogP contribution < -0.4 is 10.1 Å². The fourth-order valence-corrected chi connectivity index (χ4v) is 1.82. The molecule has 0 saturated carbocycles. The Bertz CT molecular complexity index is 354. The van der Waals surface area contributed by atoms with E-state index in [9.17, 15) is 0 Å². The van der Waals surface area contributed by atoms with E-state index in [2.05, 4.69) is 30.4 Å². The lowest BCUT2D eigenvalue weighted by atomic mass is 10.1. The maximum atomic E-state index is 5.70. The Morgan fingerprint density at radius 3 is 2.75 bits per heavy atom. The normalized spacial score (nSPS) is 15.7. The third kappa shape index (κ3) is 3.38. The van der Waals surface area contributed by atoms with Gasteiger partial charge in [-0.3, -0.25) is 0 Å². The number of hydrogen-bond donors (Lipinski definition) is 1. The van der Waals surface area contributed by atoms with Crippen molar-refractivity contribution < 1.29 is 4.74 Å². The largest absolute Gasteiger partial charge is 0.493 e. The SMILES string of the molecule is Cc1ccc(OCCC2=CCCNC2)cc1. The highest BCUT2D eigenvalue weighted by Gasteiger charge is 2.02. The highest BCUT2D eigenvalue weighted by Crippen LogP contribution is 2.13. The van der Waals surface area contributed by atoms with Gasteiger partial charge in [-0.1, -0.05) is 29.3 Å². The Balaban J connectivity index is 1.75. The summed E-state index contributed by atoms with van der Waals surface area (Å²) >= 11 is 0. The molecule has 0 spiro atoms. The van der Waals surface area contributed by atoms with Crippen LogP contribution in [0, 0.1) is 6.92 Å². The zero-order chi connectivity index (χ0) is 11.2. The van der Waals surface area contributed by atoms with E-state index in [0.29, 0.717) is 0 Å². The predicted octanol–water partition coefficient (Wildman–Crippen LogP) is 2.68. The Kier molecular flexibility index (Phi) is 4.00. The van der Waals surface area contributed by atoms with Crippen molar-refractivity contribution >= 4 is 0 Å². The quantitative estimate of drug-likeness (QED) is 0.783. The van der Waals surface area contributed by atoms with Gasteiger partial charge in [0.2, 0.25) is 0 Å². The smallest absolute Gasteiger partial charge is 0.119 e. The van der Waals surface area contributed by atoms with Gasteiger partial charge >= 0.3 is 0 Å². The first-order chi connectivity index (χ1) is 7.84. The second kappa shape index (κ2) is 5.71. The van der Waals surface area contributed by atoms with E-state index < -0.39 is 0 Å². The fraction of sp³-hybridized carbons (Fsp3) is 0.429. The first-order valence-corrected chi connectivity index (χ1v) is 5.93. The third-order valence-corrected chi connectivity index (χ3v) is 2.82. The van der Waals surface area contributed by atoms with Crippen molar-refractivity contribution in [1.82, 2.24) is 5.32 Å². The summed E-state index contributed by atoms with van der Waals surface area (Å²) in [6.07, 6.45) is 4.51. The van der Waals surface area contributed by atoms with Gasteiger partial charge in [0.15, 0.2) is 0 Å². The molecule has 0 amide bonds. The lowest BCUT2D eigenvalue weighted by Gasteiger charge is -2.14. The Morgan fingerprint density at radius 1 is 1.25 bits per heavy atom. The predicted molar refractivity (Wildman–Crippen MR) is 66.9 cm³/mol. The van der Waals surface area contributed by atoms with Crippen LogP contribution in [0.4, 0.5) is 0 Å². The van der Waals surface area contributed by atoms with Crippen LogP contribution in [0.5, 0.6) is 5.75 Å². The molecule has 86 valence electrons.